The molecule has 0 fully saturated rings. The van der Waals surface area contributed by atoms with Gasteiger partial charge in [-0.05, 0) is 25.5 Å². The van der Waals surface area contributed by atoms with Crippen LogP contribution >= 0.6 is 0 Å². The molecule has 1 N–H and O–H groups in total. The molecule has 0 aromatic carbocycles. The highest BCUT2D eigenvalue weighted by atomic mass is 16.5. The minimum atomic E-state index is 1.04. The average Bonchev–Trinajstić information content (AvgIpc) is 2.13. The van der Waals surface area contributed by atoms with Gasteiger partial charge in [0.15, 0.2) is 0 Å². The second kappa shape index (κ2) is 3.62. The topological polar surface area (TPSA) is 21.3 Å². The summed E-state index contributed by atoms with van der Waals surface area (Å²) >= 11 is 0. The Kier molecular flexibility index (Phi) is 2.75. The minimum absolute atomic E-state index is 1.04. The third-order valence-corrected chi connectivity index (χ3v) is 1.93. The van der Waals surface area contributed by atoms with E-state index in [0.29, 0.717) is 0 Å². The summed E-state index contributed by atoms with van der Waals surface area (Å²) in [6.45, 7) is 4.30. The van der Waals surface area contributed by atoms with Gasteiger partial charge >= 0.3 is 0 Å². The van der Waals surface area contributed by atoms with Crippen LogP contribution < -0.4 is 5.32 Å². The van der Waals surface area contributed by atoms with E-state index in [-0.39, 0.29) is 0 Å². The van der Waals surface area contributed by atoms with Gasteiger partial charge < -0.3 is 10.1 Å². The van der Waals surface area contributed by atoms with E-state index in [0.717, 1.165) is 25.9 Å². The second-order valence-electron chi connectivity index (χ2n) is 2.66. The van der Waals surface area contributed by atoms with E-state index >= 15 is 0 Å². The number of nitrogens with one attached hydrogen (secondary N) is 1. The Labute approximate surface area is 62.3 Å². The Bertz CT molecular complexity index is 140. The molecular weight excluding hydrogens is 126 g/mol. The van der Waals surface area contributed by atoms with Crippen molar-refractivity contribution in [3.63, 3.8) is 0 Å². The van der Waals surface area contributed by atoms with E-state index in [1.165, 1.54) is 11.3 Å². The van der Waals surface area contributed by atoms with Gasteiger partial charge in [-0.15, -0.1) is 0 Å². The molecule has 0 saturated heterocycles. The van der Waals surface area contributed by atoms with Crippen LogP contribution in [0.3, 0.4) is 0 Å². The number of rotatable bonds is 1. The Hall–Kier alpha value is -0.500. The fourth-order valence-electron chi connectivity index (χ4n) is 1.23. The van der Waals surface area contributed by atoms with Crippen LogP contribution in [-0.2, 0) is 4.74 Å². The highest BCUT2D eigenvalue weighted by Crippen LogP contribution is 2.13. The van der Waals surface area contributed by atoms with Crippen molar-refractivity contribution in [3.8, 4) is 0 Å². The Balaban J connectivity index is 2.58. The maximum atomic E-state index is 5.22. The number of methoxy groups -OCH3 is 1. The molecule has 0 amide bonds. The zero-order valence-electron chi connectivity index (χ0n) is 6.74. The van der Waals surface area contributed by atoms with Crippen LogP contribution in [0.5, 0.6) is 0 Å². The Morgan fingerprint density at radius 3 is 2.70 bits per heavy atom. The molecule has 1 aliphatic heterocycles. The van der Waals surface area contributed by atoms with Crippen molar-refractivity contribution >= 4 is 0 Å². The van der Waals surface area contributed by atoms with Crippen molar-refractivity contribution in [2.24, 2.45) is 0 Å². The highest BCUT2D eigenvalue weighted by Gasteiger charge is 2.05. The smallest absolute Gasteiger partial charge is 0.0957 e. The van der Waals surface area contributed by atoms with Crippen molar-refractivity contribution in [2.75, 3.05) is 20.2 Å². The first-order valence-corrected chi connectivity index (χ1v) is 3.78. The van der Waals surface area contributed by atoms with Crippen molar-refractivity contribution < 1.29 is 4.74 Å². The molecule has 0 aromatic rings. The third kappa shape index (κ3) is 1.74. The molecule has 1 heterocycles. The molecule has 2 heteroatoms. The van der Waals surface area contributed by atoms with Gasteiger partial charge in [0.05, 0.1) is 12.9 Å². The maximum Gasteiger partial charge on any atom is 0.0957 e. The first-order chi connectivity index (χ1) is 4.84. The summed E-state index contributed by atoms with van der Waals surface area (Å²) in [6.07, 6.45) is 2.17. The van der Waals surface area contributed by atoms with Gasteiger partial charge in [0.25, 0.3) is 0 Å². The zero-order chi connectivity index (χ0) is 7.40. The molecule has 1 rings (SSSR count). The van der Waals surface area contributed by atoms with Crippen LogP contribution in [0.2, 0.25) is 0 Å². The standard InChI is InChI=1S/C8H15NO/c1-7-3-5-9-6-4-8(7)10-2/h9H,3-6H2,1-2H3. The highest BCUT2D eigenvalue weighted by molar-refractivity contribution is 5.07. The summed E-state index contributed by atoms with van der Waals surface area (Å²) in [5, 5.41) is 3.32. The predicted octanol–water partition coefficient (Wildman–Crippen LogP) is 1.29. The second-order valence-corrected chi connectivity index (χ2v) is 2.66. The third-order valence-electron chi connectivity index (χ3n) is 1.93. The SMILES string of the molecule is COC1=C(C)CCNCC1. The van der Waals surface area contributed by atoms with Gasteiger partial charge in [-0.25, -0.2) is 0 Å². The predicted molar refractivity (Wildman–Crippen MR) is 41.8 cm³/mol. The molecule has 2 nitrogen and oxygen atoms in total. The quantitative estimate of drug-likeness (QED) is 0.594. The summed E-state index contributed by atoms with van der Waals surface area (Å²) < 4.78 is 5.22. The van der Waals surface area contributed by atoms with Crippen molar-refractivity contribution in [1.29, 1.82) is 0 Å². The Morgan fingerprint density at radius 2 is 2.00 bits per heavy atom. The molecule has 0 spiro atoms. The maximum absolute atomic E-state index is 5.22. The van der Waals surface area contributed by atoms with Crippen LogP contribution in [0.1, 0.15) is 19.8 Å². The fraction of sp³-hybridized carbons (Fsp3) is 0.750. The lowest BCUT2D eigenvalue weighted by atomic mass is 10.2. The van der Waals surface area contributed by atoms with E-state index in [1.807, 2.05) is 0 Å². The molecular formula is C8H15NO. The number of hydrogen-bond acceptors (Lipinski definition) is 2. The molecule has 0 radical (unpaired) electrons. The van der Waals surface area contributed by atoms with Gasteiger partial charge in [0.2, 0.25) is 0 Å². The molecule has 0 aliphatic carbocycles. The van der Waals surface area contributed by atoms with Crippen molar-refractivity contribution in [2.45, 2.75) is 19.8 Å². The van der Waals surface area contributed by atoms with Crippen LogP contribution in [0.15, 0.2) is 11.3 Å². The van der Waals surface area contributed by atoms with Crippen LogP contribution in [0.25, 0.3) is 0 Å². The first kappa shape index (κ1) is 7.61. The monoisotopic (exact) mass is 141 g/mol. The van der Waals surface area contributed by atoms with Crippen molar-refractivity contribution in [3.05, 3.63) is 11.3 Å². The molecule has 0 saturated carbocycles. The largest absolute Gasteiger partial charge is 0.501 e. The summed E-state index contributed by atoms with van der Waals surface area (Å²) in [6, 6.07) is 0. The molecule has 0 unspecified atom stereocenters. The number of ether oxygens (including phenoxy) is 1. The molecule has 0 bridgehead atoms. The zero-order valence-corrected chi connectivity index (χ0v) is 6.74. The van der Waals surface area contributed by atoms with Gasteiger partial charge in [0.1, 0.15) is 0 Å². The van der Waals surface area contributed by atoms with Gasteiger partial charge in [0, 0.05) is 13.0 Å². The first-order valence-electron chi connectivity index (χ1n) is 3.78. The summed E-state index contributed by atoms with van der Waals surface area (Å²) in [4.78, 5) is 0. The van der Waals surface area contributed by atoms with Gasteiger partial charge in [-0.3, -0.25) is 0 Å². The van der Waals surface area contributed by atoms with Crippen molar-refractivity contribution in [1.82, 2.24) is 5.32 Å². The van der Waals surface area contributed by atoms with Crippen LogP contribution in [0, 0.1) is 0 Å². The fourth-order valence-corrected chi connectivity index (χ4v) is 1.23. The lowest BCUT2D eigenvalue weighted by Gasteiger charge is -2.05. The van der Waals surface area contributed by atoms with E-state index in [1.54, 1.807) is 7.11 Å². The summed E-state index contributed by atoms with van der Waals surface area (Å²) in [5.41, 5.74) is 1.40. The molecule has 0 atom stereocenters. The average molecular weight is 141 g/mol. The van der Waals surface area contributed by atoms with E-state index in [4.69, 9.17) is 4.74 Å². The van der Waals surface area contributed by atoms with Gasteiger partial charge in [-0.1, -0.05) is 0 Å². The molecule has 10 heavy (non-hydrogen) atoms. The van der Waals surface area contributed by atoms with E-state index in [2.05, 4.69) is 12.2 Å². The van der Waals surface area contributed by atoms with Crippen LogP contribution in [-0.4, -0.2) is 20.2 Å². The van der Waals surface area contributed by atoms with E-state index in [9.17, 15) is 0 Å². The number of hydrogen-bond donors (Lipinski definition) is 1. The molecule has 0 aromatic heterocycles. The lowest BCUT2D eigenvalue weighted by molar-refractivity contribution is 0.273. The van der Waals surface area contributed by atoms with Gasteiger partial charge in [-0.2, -0.15) is 0 Å². The normalized spacial score (nSPS) is 20.6. The molecule has 1 aliphatic rings. The summed E-state index contributed by atoms with van der Waals surface area (Å²) in [5.74, 6) is 1.17. The van der Waals surface area contributed by atoms with Crippen LogP contribution in [0.4, 0.5) is 0 Å². The Morgan fingerprint density at radius 1 is 1.30 bits per heavy atom. The minimum Gasteiger partial charge on any atom is -0.501 e. The summed E-state index contributed by atoms with van der Waals surface area (Å²) in [7, 11) is 1.75. The lowest BCUT2D eigenvalue weighted by Crippen LogP contribution is -2.14. The molecule has 58 valence electrons. The van der Waals surface area contributed by atoms with E-state index < -0.39 is 0 Å².